The predicted molar refractivity (Wildman–Crippen MR) is 110 cm³/mol. The van der Waals surface area contributed by atoms with Crippen LogP contribution in [-0.2, 0) is 22.5 Å². The first-order valence-corrected chi connectivity index (χ1v) is 8.97. The molecule has 1 atom stereocenters. The highest BCUT2D eigenvalue weighted by molar-refractivity contribution is 5.84. The number of allylic oxidation sites excluding steroid dienone is 1. The first kappa shape index (κ1) is 18.7. The van der Waals surface area contributed by atoms with Crippen LogP contribution in [0.4, 0.5) is 0 Å². The molecule has 4 heteroatoms. The molecule has 0 fully saturated rings. The SMILES string of the molecule is COC(=O)/C=C/[C@H](N)Cc1cn(C/C=C/c2ccccc2)c2ccccc12. The largest absolute Gasteiger partial charge is 0.466 e. The maximum atomic E-state index is 11.2. The van der Waals surface area contributed by atoms with Crippen LogP contribution in [0, 0.1) is 0 Å². The third-order valence-corrected chi connectivity index (χ3v) is 4.42. The Morgan fingerprint density at radius 3 is 2.67 bits per heavy atom. The summed E-state index contributed by atoms with van der Waals surface area (Å²) in [4.78, 5) is 11.2. The van der Waals surface area contributed by atoms with E-state index in [0.29, 0.717) is 6.42 Å². The number of nitrogens with zero attached hydrogens (tertiary/aromatic N) is 1. The van der Waals surface area contributed by atoms with Gasteiger partial charge < -0.3 is 15.0 Å². The van der Waals surface area contributed by atoms with Crippen LogP contribution in [0.3, 0.4) is 0 Å². The van der Waals surface area contributed by atoms with Gasteiger partial charge in [-0.25, -0.2) is 4.79 Å². The van der Waals surface area contributed by atoms with Gasteiger partial charge in [-0.2, -0.15) is 0 Å². The fourth-order valence-corrected chi connectivity index (χ4v) is 3.10. The zero-order valence-electron chi connectivity index (χ0n) is 15.4. The fraction of sp³-hybridized carbons (Fsp3) is 0.174. The van der Waals surface area contributed by atoms with Gasteiger partial charge in [0.15, 0.2) is 0 Å². The Labute approximate surface area is 159 Å². The van der Waals surface area contributed by atoms with Gasteiger partial charge in [-0.15, -0.1) is 0 Å². The van der Waals surface area contributed by atoms with Gasteiger partial charge in [-0.3, -0.25) is 0 Å². The van der Waals surface area contributed by atoms with Gasteiger partial charge in [-0.05, 0) is 23.6 Å². The number of carbonyl (C=O) groups excluding carboxylic acids is 1. The molecule has 2 aromatic carbocycles. The summed E-state index contributed by atoms with van der Waals surface area (Å²) in [6.07, 6.45) is 10.1. The minimum absolute atomic E-state index is 0.247. The number of carbonyl (C=O) groups is 1. The molecule has 0 aliphatic rings. The highest BCUT2D eigenvalue weighted by atomic mass is 16.5. The van der Waals surface area contributed by atoms with Crippen molar-refractivity contribution in [3.05, 3.63) is 90.1 Å². The molecule has 0 amide bonds. The lowest BCUT2D eigenvalue weighted by Gasteiger charge is -2.05. The fourth-order valence-electron chi connectivity index (χ4n) is 3.10. The highest BCUT2D eigenvalue weighted by Crippen LogP contribution is 2.23. The maximum Gasteiger partial charge on any atom is 0.330 e. The van der Waals surface area contributed by atoms with Crippen molar-refractivity contribution >= 4 is 22.9 Å². The Hall–Kier alpha value is -3.11. The molecular weight excluding hydrogens is 336 g/mol. The van der Waals surface area contributed by atoms with E-state index >= 15 is 0 Å². The zero-order valence-corrected chi connectivity index (χ0v) is 15.4. The molecule has 0 spiro atoms. The molecule has 0 saturated carbocycles. The molecule has 1 heterocycles. The van der Waals surface area contributed by atoms with Crippen molar-refractivity contribution in [2.24, 2.45) is 5.73 Å². The number of para-hydroxylation sites is 1. The lowest BCUT2D eigenvalue weighted by molar-refractivity contribution is -0.134. The van der Waals surface area contributed by atoms with Crippen LogP contribution in [0.1, 0.15) is 11.1 Å². The Morgan fingerprint density at radius 1 is 1.15 bits per heavy atom. The summed E-state index contributed by atoms with van der Waals surface area (Å²) in [7, 11) is 1.36. The molecule has 3 aromatic rings. The topological polar surface area (TPSA) is 57.2 Å². The van der Waals surface area contributed by atoms with Crippen molar-refractivity contribution in [3.63, 3.8) is 0 Å². The summed E-state index contributed by atoms with van der Waals surface area (Å²) >= 11 is 0. The number of fused-ring (bicyclic) bond motifs is 1. The van der Waals surface area contributed by atoms with Crippen molar-refractivity contribution in [1.82, 2.24) is 4.57 Å². The summed E-state index contributed by atoms with van der Waals surface area (Å²) in [6, 6.07) is 18.3. The van der Waals surface area contributed by atoms with Crippen molar-refractivity contribution in [3.8, 4) is 0 Å². The number of methoxy groups -OCH3 is 1. The molecule has 138 valence electrons. The van der Waals surface area contributed by atoms with Crippen LogP contribution >= 0.6 is 0 Å². The van der Waals surface area contributed by atoms with E-state index in [1.165, 1.54) is 35.2 Å². The molecule has 0 aliphatic heterocycles. The first-order chi connectivity index (χ1) is 13.2. The van der Waals surface area contributed by atoms with E-state index in [9.17, 15) is 4.79 Å². The number of hydrogen-bond acceptors (Lipinski definition) is 3. The standard InChI is InChI=1S/C23H24N2O2/c1-27-23(26)14-13-20(24)16-19-17-25(22-12-6-5-11-21(19)22)15-7-10-18-8-3-2-4-9-18/h2-14,17,20H,15-16,24H2,1H3/b10-7+,14-13+/t20-/m0/s1. The molecule has 1 aromatic heterocycles. The smallest absolute Gasteiger partial charge is 0.330 e. The number of ether oxygens (including phenoxy) is 1. The number of rotatable bonds is 7. The van der Waals surface area contributed by atoms with Crippen LogP contribution in [0.2, 0.25) is 0 Å². The van der Waals surface area contributed by atoms with Gasteiger partial charge in [-0.1, -0.05) is 66.8 Å². The second kappa shape index (κ2) is 9.01. The number of benzene rings is 2. The third kappa shape index (κ3) is 4.96. The van der Waals surface area contributed by atoms with Gasteiger partial charge in [0.1, 0.15) is 0 Å². The first-order valence-electron chi connectivity index (χ1n) is 8.97. The Bertz CT molecular complexity index is 955. The van der Waals surface area contributed by atoms with Gasteiger partial charge >= 0.3 is 5.97 Å². The van der Waals surface area contributed by atoms with Gasteiger partial charge in [0.2, 0.25) is 0 Å². The van der Waals surface area contributed by atoms with Crippen LogP contribution in [0.25, 0.3) is 17.0 Å². The van der Waals surface area contributed by atoms with Crippen LogP contribution in [-0.4, -0.2) is 23.7 Å². The second-order valence-electron chi connectivity index (χ2n) is 6.39. The Kier molecular flexibility index (Phi) is 6.23. The number of aromatic nitrogens is 1. The van der Waals surface area contributed by atoms with Gasteiger partial charge in [0.05, 0.1) is 7.11 Å². The van der Waals surface area contributed by atoms with Gasteiger partial charge in [0.25, 0.3) is 0 Å². The molecule has 0 aliphatic carbocycles. The summed E-state index contributed by atoms with van der Waals surface area (Å²) in [6.45, 7) is 0.780. The average molecular weight is 360 g/mol. The normalized spacial score (nSPS) is 12.8. The van der Waals surface area contributed by atoms with Crippen LogP contribution < -0.4 is 5.73 Å². The summed E-state index contributed by atoms with van der Waals surface area (Å²) in [5, 5.41) is 1.19. The van der Waals surface area contributed by atoms with Crippen molar-refractivity contribution < 1.29 is 9.53 Å². The van der Waals surface area contributed by atoms with Crippen molar-refractivity contribution in [2.75, 3.05) is 7.11 Å². The maximum absolute atomic E-state index is 11.2. The number of nitrogens with two attached hydrogens (primary N) is 1. The zero-order chi connectivity index (χ0) is 19.1. The average Bonchev–Trinajstić information content (AvgIpc) is 3.04. The predicted octanol–water partition coefficient (Wildman–Crippen LogP) is 3.95. The third-order valence-electron chi connectivity index (χ3n) is 4.42. The highest BCUT2D eigenvalue weighted by Gasteiger charge is 2.10. The van der Waals surface area contributed by atoms with Crippen LogP contribution in [0.5, 0.6) is 0 Å². The molecule has 3 rings (SSSR count). The van der Waals surface area contributed by atoms with E-state index < -0.39 is 0 Å². The summed E-state index contributed by atoms with van der Waals surface area (Å²) in [5.41, 5.74) is 9.69. The van der Waals surface area contributed by atoms with Gasteiger partial charge in [0, 0.05) is 35.8 Å². The van der Waals surface area contributed by atoms with Crippen LogP contribution in [0.15, 0.2) is 79.0 Å². The molecular formula is C23H24N2O2. The molecule has 0 radical (unpaired) electrons. The molecule has 0 saturated heterocycles. The summed E-state index contributed by atoms with van der Waals surface area (Å²) < 4.78 is 6.84. The number of hydrogen-bond donors (Lipinski definition) is 1. The monoisotopic (exact) mass is 360 g/mol. The lowest BCUT2D eigenvalue weighted by Crippen LogP contribution is -2.20. The Morgan fingerprint density at radius 2 is 1.89 bits per heavy atom. The van der Waals surface area contributed by atoms with E-state index in [2.05, 4.69) is 51.9 Å². The quantitative estimate of drug-likeness (QED) is 0.513. The van der Waals surface area contributed by atoms with E-state index in [0.717, 1.165) is 6.54 Å². The molecule has 0 unspecified atom stereocenters. The van der Waals surface area contributed by atoms with E-state index in [4.69, 9.17) is 5.73 Å². The minimum atomic E-state index is -0.390. The molecule has 0 bridgehead atoms. The Balaban J connectivity index is 1.78. The minimum Gasteiger partial charge on any atom is -0.466 e. The van der Waals surface area contributed by atoms with E-state index in [-0.39, 0.29) is 12.0 Å². The molecule has 2 N–H and O–H groups in total. The van der Waals surface area contributed by atoms with E-state index in [1.807, 2.05) is 30.3 Å². The summed E-state index contributed by atoms with van der Waals surface area (Å²) in [5.74, 6) is -0.390. The molecule has 4 nitrogen and oxygen atoms in total. The second-order valence-corrected chi connectivity index (χ2v) is 6.39. The van der Waals surface area contributed by atoms with Crippen molar-refractivity contribution in [2.45, 2.75) is 19.0 Å². The van der Waals surface area contributed by atoms with Crippen molar-refractivity contribution in [1.29, 1.82) is 0 Å². The lowest BCUT2D eigenvalue weighted by atomic mass is 10.1. The molecule has 27 heavy (non-hydrogen) atoms. The number of esters is 1. The van der Waals surface area contributed by atoms with E-state index in [1.54, 1.807) is 6.08 Å².